The summed E-state index contributed by atoms with van der Waals surface area (Å²) in [6.07, 6.45) is 6.95. The van der Waals surface area contributed by atoms with Crippen molar-refractivity contribution in [3.05, 3.63) is 18.7 Å². The van der Waals surface area contributed by atoms with Gasteiger partial charge in [0, 0.05) is 25.5 Å². The zero-order valence-corrected chi connectivity index (χ0v) is 14.0. The minimum absolute atomic E-state index is 0.249. The number of rotatable bonds is 5. The topological polar surface area (TPSA) is 56.6 Å². The lowest BCUT2D eigenvalue weighted by Crippen LogP contribution is -2.40. The predicted molar refractivity (Wildman–Crippen MR) is 83.6 cm³/mol. The molecule has 1 aliphatic heterocycles. The van der Waals surface area contributed by atoms with Crippen molar-refractivity contribution in [3.8, 4) is 0 Å². The van der Waals surface area contributed by atoms with Gasteiger partial charge < -0.3 is 18.9 Å². The van der Waals surface area contributed by atoms with Crippen molar-refractivity contribution in [3.63, 3.8) is 0 Å². The number of hydrogen-bond donors (Lipinski definition) is 0. The van der Waals surface area contributed by atoms with Gasteiger partial charge in [-0.05, 0) is 33.6 Å². The quantitative estimate of drug-likeness (QED) is 0.839. The van der Waals surface area contributed by atoms with Crippen LogP contribution in [0.15, 0.2) is 18.7 Å². The van der Waals surface area contributed by atoms with Crippen LogP contribution in [-0.2, 0) is 16.0 Å². The van der Waals surface area contributed by atoms with E-state index in [1.807, 2.05) is 31.5 Å². The van der Waals surface area contributed by atoms with Crippen LogP contribution < -0.4 is 0 Å². The average Bonchev–Trinajstić information content (AvgIpc) is 3.07. The van der Waals surface area contributed by atoms with Crippen LogP contribution >= 0.6 is 0 Å². The largest absolute Gasteiger partial charge is 0.444 e. The smallest absolute Gasteiger partial charge is 0.410 e. The van der Waals surface area contributed by atoms with Gasteiger partial charge in [-0.15, -0.1) is 0 Å². The minimum atomic E-state index is -0.461. The first-order chi connectivity index (χ1) is 10.3. The maximum Gasteiger partial charge on any atom is 0.410 e. The summed E-state index contributed by atoms with van der Waals surface area (Å²) in [4.78, 5) is 17.9. The molecule has 2 rings (SSSR count). The molecule has 1 saturated heterocycles. The second-order valence-electron chi connectivity index (χ2n) is 6.84. The monoisotopic (exact) mass is 309 g/mol. The minimum Gasteiger partial charge on any atom is -0.444 e. The van der Waals surface area contributed by atoms with E-state index < -0.39 is 5.60 Å². The molecule has 0 aromatic carbocycles. The van der Waals surface area contributed by atoms with E-state index in [1.165, 1.54) is 0 Å². The zero-order chi connectivity index (χ0) is 16.2. The number of likely N-dealkylation sites (tertiary alicyclic amines) is 1. The molecular weight excluding hydrogens is 282 g/mol. The van der Waals surface area contributed by atoms with E-state index in [2.05, 4.69) is 11.9 Å². The normalized spacial score (nSPS) is 22.1. The lowest BCUT2D eigenvalue weighted by molar-refractivity contribution is -0.0454. The van der Waals surface area contributed by atoms with Crippen molar-refractivity contribution in [1.29, 1.82) is 0 Å². The summed E-state index contributed by atoms with van der Waals surface area (Å²) < 4.78 is 13.6. The SMILES string of the molecule is CCC1(OCCn2ccnc2)CCN(C(=O)OC(C)(C)C)C1. The summed E-state index contributed by atoms with van der Waals surface area (Å²) in [6.45, 7) is 10.4. The van der Waals surface area contributed by atoms with E-state index in [9.17, 15) is 4.79 Å². The fourth-order valence-corrected chi connectivity index (χ4v) is 2.62. The maximum atomic E-state index is 12.2. The van der Waals surface area contributed by atoms with Crippen molar-refractivity contribution in [2.75, 3.05) is 19.7 Å². The summed E-state index contributed by atoms with van der Waals surface area (Å²) >= 11 is 0. The van der Waals surface area contributed by atoms with Gasteiger partial charge in [-0.2, -0.15) is 0 Å². The van der Waals surface area contributed by atoms with Gasteiger partial charge in [-0.3, -0.25) is 0 Å². The maximum absolute atomic E-state index is 12.2. The molecule has 1 atom stereocenters. The van der Waals surface area contributed by atoms with Crippen LogP contribution in [0.3, 0.4) is 0 Å². The van der Waals surface area contributed by atoms with Crippen LogP contribution in [0.25, 0.3) is 0 Å². The number of ether oxygens (including phenoxy) is 2. The molecule has 0 aliphatic carbocycles. The Labute approximate surface area is 132 Å². The van der Waals surface area contributed by atoms with E-state index >= 15 is 0 Å². The van der Waals surface area contributed by atoms with Crippen LogP contribution in [-0.4, -0.2) is 51.4 Å². The second-order valence-corrected chi connectivity index (χ2v) is 6.84. The van der Waals surface area contributed by atoms with Crippen LogP contribution in [0.2, 0.25) is 0 Å². The van der Waals surface area contributed by atoms with Crippen LogP contribution in [0.1, 0.15) is 40.5 Å². The first-order valence-electron chi connectivity index (χ1n) is 7.91. The van der Waals surface area contributed by atoms with Crippen LogP contribution in [0.4, 0.5) is 4.79 Å². The molecule has 124 valence electrons. The van der Waals surface area contributed by atoms with E-state index in [4.69, 9.17) is 9.47 Å². The lowest BCUT2D eigenvalue weighted by Gasteiger charge is -2.29. The fraction of sp³-hybridized carbons (Fsp3) is 0.750. The van der Waals surface area contributed by atoms with Gasteiger partial charge in [0.15, 0.2) is 0 Å². The molecule has 0 N–H and O–H groups in total. The molecule has 0 radical (unpaired) electrons. The molecule has 2 heterocycles. The Kier molecular flexibility index (Phi) is 5.11. The summed E-state index contributed by atoms with van der Waals surface area (Å²) in [7, 11) is 0. The van der Waals surface area contributed by atoms with E-state index in [0.717, 1.165) is 19.4 Å². The third kappa shape index (κ3) is 4.47. The molecule has 1 amide bonds. The summed E-state index contributed by atoms with van der Waals surface area (Å²) in [5.74, 6) is 0. The van der Waals surface area contributed by atoms with Gasteiger partial charge in [-0.25, -0.2) is 9.78 Å². The van der Waals surface area contributed by atoms with E-state index in [1.54, 1.807) is 17.4 Å². The predicted octanol–water partition coefficient (Wildman–Crippen LogP) is 2.69. The Morgan fingerprint density at radius 1 is 1.41 bits per heavy atom. The molecule has 0 bridgehead atoms. The Bertz CT molecular complexity index is 481. The molecule has 1 aromatic heterocycles. The molecule has 6 nitrogen and oxygen atoms in total. The van der Waals surface area contributed by atoms with Crippen molar-refractivity contribution < 1.29 is 14.3 Å². The highest BCUT2D eigenvalue weighted by Crippen LogP contribution is 2.29. The van der Waals surface area contributed by atoms with Gasteiger partial charge in [0.05, 0.1) is 25.1 Å². The highest BCUT2D eigenvalue weighted by Gasteiger charge is 2.40. The highest BCUT2D eigenvalue weighted by atomic mass is 16.6. The highest BCUT2D eigenvalue weighted by molar-refractivity contribution is 5.68. The average molecular weight is 309 g/mol. The van der Waals surface area contributed by atoms with Crippen molar-refractivity contribution >= 4 is 6.09 Å². The first kappa shape index (κ1) is 16.8. The zero-order valence-electron chi connectivity index (χ0n) is 14.0. The summed E-state index contributed by atoms with van der Waals surface area (Å²) in [5.41, 5.74) is -0.714. The molecule has 1 aliphatic rings. The Balaban J connectivity index is 1.85. The molecule has 1 aromatic rings. The number of aromatic nitrogens is 2. The first-order valence-corrected chi connectivity index (χ1v) is 7.91. The number of imidazole rings is 1. The number of hydrogen-bond acceptors (Lipinski definition) is 4. The van der Waals surface area contributed by atoms with Crippen LogP contribution in [0.5, 0.6) is 0 Å². The summed E-state index contributed by atoms with van der Waals surface area (Å²) in [5, 5.41) is 0. The second kappa shape index (κ2) is 6.69. The standard InChI is InChI=1S/C16H27N3O3/c1-5-16(21-11-10-18-9-7-17-13-18)6-8-19(12-16)14(20)22-15(2,3)4/h7,9,13H,5-6,8,10-12H2,1-4H3. The van der Waals surface area contributed by atoms with Gasteiger partial charge >= 0.3 is 6.09 Å². The number of amides is 1. The molecule has 1 fully saturated rings. The Morgan fingerprint density at radius 2 is 2.18 bits per heavy atom. The van der Waals surface area contributed by atoms with Crippen LogP contribution in [0, 0.1) is 0 Å². The van der Waals surface area contributed by atoms with E-state index in [0.29, 0.717) is 19.7 Å². The number of carbonyl (C=O) groups excluding carboxylic acids is 1. The van der Waals surface area contributed by atoms with Crippen molar-refractivity contribution in [2.24, 2.45) is 0 Å². The Morgan fingerprint density at radius 3 is 2.77 bits per heavy atom. The number of carbonyl (C=O) groups is 1. The fourth-order valence-electron chi connectivity index (χ4n) is 2.62. The third-order valence-electron chi connectivity index (χ3n) is 3.93. The Hall–Kier alpha value is -1.56. The molecule has 22 heavy (non-hydrogen) atoms. The number of nitrogens with zero attached hydrogens (tertiary/aromatic N) is 3. The van der Waals surface area contributed by atoms with Crippen molar-refractivity contribution in [1.82, 2.24) is 14.5 Å². The van der Waals surface area contributed by atoms with Gasteiger partial charge in [-0.1, -0.05) is 6.92 Å². The van der Waals surface area contributed by atoms with Gasteiger partial charge in [0.25, 0.3) is 0 Å². The molecule has 0 saturated carbocycles. The van der Waals surface area contributed by atoms with E-state index in [-0.39, 0.29) is 11.7 Å². The third-order valence-corrected chi connectivity index (χ3v) is 3.93. The van der Waals surface area contributed by atoms with Crippen molar-refractivity contribution in [2.45, 2.75) is 58.3 Å². The van der Waals surface area contributed by atoms with Gasteiger partial charge in [0.2, 0.25) is 0 Å². The molecule has 1 unspecified atom stereocenters. The lowest BCUT2D eigenvalue weighted by atomic mass is 10.00. The molecular formula is C16H27N3O3. The molecule has 6 heteroatoms. The molecule has 0 spiro atoms. The summed E-state index contributed by atoms with van der Waals surface area (Å²) in [6, 6.07) is 0. The van der Waals surface area contributed by atoms with Gasteiger partial charge in [0.1, 0.15) is 5.60 Å².